The summed E-state index contributed by atoms with van der Waals surface area (Å²) in [6.45, 7) is 13.7. The second-order valence-corrected chi connectivity index (χ2v) is 10.8. The molecular weight excluding hydrogens is 486 g/mol. The van der Waals surface area contributed by atoms with Crippen LogP contribution in [-0.2, 0) is 17.6 Å². The number of ketones is 1. The number of carbonyl (C=O) groups is 2. The van der Waals surface area contributed by atoms with Gasteiger partial charge in [0.15, 0.2) is 5.78 Å². The number of esters is 1. The van der Waals surface area contributed by atoms with Gasteiger partial charge in [-0.1, -0.05) is 70.4 Å². The summed E-state index contributed by atoms with van der Waals surface area (Å²) < 4.78 is 11.7. The molecule has 2 aromatic carbocycles. The number of carbonyl (C=O) groups excluding carboxylic acids is 2. The van der Waals surface area contributed by atoms with Crippen LogP contribution in [0, 0.1) is 0 Å². The first-order chi connectivity index (χ1) is 18.9. The molecule has 39 heavy (non-hydrogen) atoms. The summed E-state index contributed by atoms with van der Waals surface area (Å²) in [4.78, 5) is 29.4. The number of rotatable bonds is 17. The van der Waals surface area contributed by atoms with E-state index in [-0.39, 0.29) is 11.9 Å². The lowest BCUT2D eigenvalue weighted by Crippen LogP contribution is -2.27. The average Bonchev–Trinajstić information content (AvgIpc) is 3.31. The lowest BCUT2D eigenvalue weighted by atomic mass is 9.95. The van der Waals surface area contributed by atoms with E-state index in [1.54, 1.807) is 12.1 Å². The highest BCUT2D eigenvalue weighted by molar-refractivity contribution is 6.20. The molecule has 0 aliphatic heterocycles. The van der Waals surface area contributed by atoms with Gasteiger partial charge < -0.3 is 14.1 Å². The van der Waals surface area contributed by atoms with Crippen LogP contribution in [0.4, 0.5) is 0 Å². The van der Waals surface area contributed by atoms with Gasteiger partial charge in [-0.25, -0.2) is 4.79 Å². The van der Waals surface area contributed by atoms with Gasteiger partial charge in [0.25, 0.3) is 0 Å². The highest BCUT2D eigenvalue weighted by atomic mass is 16.5. The summed E-state index contributed by atoms with van der Waals surface area (Å²) in [5.41, 5.74) is 3.27. The molecule has 5 nitrogen and oxygen atoms in total. The van der Waals surface area contributed by atoms with Gasteiger partial charge in [-0.15, -0.1) is 0 Å². The van der Waals surface area contributed by atoms with Crippen LogP contribution in [0.25, 0.3) is 11.0 Å². The maximum Gasteiger partial charge on any atom is 0.339 e. The molecule has 1 aromatic heterocycles. The van der Waals surface area contributed by atoms with Crippen molar-refractivity contribution in [3.05, 3.63) is 70.5 Å². The predicted octanol–water partition coefficient (Wildman–Crippen LogP) is 8.41. The van der Waals surface area contributed by atoms with Gasteiger partial charge in [-0.3, -0.25) is 4.79 Å². The van der Waals surface area contributed by atoms with Crippen molar-refractivity contribution in [1.29, 1.82) is 0 Å². The van der Waals surface area contributed by atoms with Crippen LogP contribution in [0.2, 0.25) is 0 Å². The third kappa shape index (κ3) is 8.53. The molecule has 0 saturated carbocycles. The minimum absolute atomic E-state index is 0.110. The molecule has 0 spiro atoms. The predicted molar refractivity (Wildman–Crippen MR) is 160 cm³/mol. The first-order valence-electron chi connectivity index (χ1n) is 15.0. The van der Waals surface area contributed by atoms with Crippen LogP contribution in [0.15, 0.2) is 46.9 Å². The number of furan rings is 1. The third-order valence-electron chi connectivity index (χ3n) is 7.15. The molecular formula is C34H47NO4. The molecule has 0 amide bonds. The maximum atomic E-state index is 13.9. The second kappa shape index (κ2) is 15.6. The summed E-state index contributed by atoms with van der Waals surface area (Å²) >= 11 is 0. The highest BCUT2D eigenvalue weighted by Crippen LogP contribution is 2.33. The Labute approximate surface area is 234 Å². The van der Waals surface area contributed by atoms with E-state index in [4.69, 9.17) is 9.15 Å². The second-order valence-electron chi connectivity index (χ2n) is 10.8. The largest absolute Gasteiger partial charge is 0.460 e. The summed E-state index contributed by atoms with van der Waals surface area (Å²) in [7, 11) is 0. The van der Waals surface area contributed by atoms with Gasteiger partial charge in [0, 0.05) is 17.4 Å². The number of nitrogens with zero attached hydrogens (tertiary/aromatic N) is 1. The zero-order valence-corrected chi connectivity index (χ0v) is 24.7. The molecule has 3 rings (SSSR count). The Bertz CT molecular complexity index is 1180. The third-order valence-corrected chi connectivity index (χ3v) is 7.15. The Hall–Kier alpha value is -2.92. The SMILES string of the molecule is CCCCc1oc2cccc(C(=O)OC(C)C)c2c1C(=O)c1ccc(CCCN(CCCC)CCCC)cc1. The van der Waals surface area contributed by atoms with Crippen LogP contribution in [0.5, 0.6) is 0 Å². The molecule has 0 saturated heterocycles. The fourth-order valence-electron chi connectivity index (χ4n) is 4.97. The molecule has 0 N–H and O–H groups in total. The van der Waals surface area contributed by atoms with Crippen LogP contribution in [-0.4, -0.2) is 42.4 Å². The standard InChI is InChI=1S/C34H47NO4/c1-6-9-16-30-32(31-28(34(37)38-25(4)5)15-12-17-29(31)39-30)33(36)27-20-18-26(19-21-27)14-13-24-35(22-10-7-2)23-11-8-3/h12,15,17-21,25H,6-11,13-14,16,22-24H2,1-5H3. The van der Waals surface area contributed by atoms with Crippen molar-refractivity contribution in [3.63, 3.8) is 0 Å². The van der Waals surface area contributed by atoms with E-state index >= 15 is 0 Å². The highest BCUT2D eigenvalue weighted by Gasteiger charge is 2.26. The Morgan fingerprint density at radius 2 is 1.46 bits per heavy atom. The number of aryl methyl sites for hydroxylation is 2. The Morgan fingerprint density at radius 1 is 0.821 bits per heavy atom. The van der Waals surface area contributed by atoms with Gasteiger partial charge >= 0.3 is 5.97 Å². The van der Waals surface area contributed by atoms with Crippen LogP contribution < -0.4 is 0 Å². The molecule has 1 heterocycles. The van der Waals surface area contributed by atoms with E-state index in [2.05, 4.69) is 37.8 Å². The molecule has 0 fully saturated rings. The number of hydrogen-bond donors (Lipinski definition) is 0. The van der Waals surface area contributed by atoms with Gasteiger partial charge in [0.1, 0.15) is 11.3 Å². The van der Waals surface area contributed by atoms with Gasteiger partial charge in [-0.2, -0.15) is 0 Å². The van der Waals surface area contributed by atoms with E-state index in [0.29, 0.717) is 39.8 Å². The fraction of sp³-hybridized carbons (Fsp3) is 0.529. The maximum absolute atomic E-state index is 13.9. The lowest BCUT2D eigenvalue weighted by Gasteiger charge is -2.21. The smallest absolute Gasteiger partial charge is 0.339 e. The summed E-state index contributed by atoms with van der Waals surface area (Å²) in [6.07, 6.45) is 9.33. The molecule has 5 heteroatoms. The van der Waals surface area contributed by atoms with Crippen molar-refractivity contribution in [1.82, 2.24) is 4.90 Å². The summed E-state index contributed by atoms with van der Waals surface area (Å²) in [5.74, 6) is 0.0984. The molecule has 0 aliphatic carbocycles. The van der Waals surface area contributed by atoms with E-state index in [1.807, 2.05) is 32.0 Å². The lowest BCUT2D eigenvalue weighted by molar-refractivity contribution is 0.0380. The van der Waals surface area contributed by atoms with Crippen molar-refractivity contribution in [2.75, 3.05) is 19.6 Å². The molecule has 212 valence electrons. The van der Waals surface area contributed by atoms with Crippen LogP contribution >= 0.6 is 0 Å². The average molecular weight is 534 g/mol. The minimum atomic E-state index is -0.435. The van der Waals surface area contributed by atoms with E-state index in [1.165, 1.54) is 44.3 Å². The normalized spacial score (nSPS) is 11.6. The molecule has 3 aromatic rings. The number of hydrogen-bond acceptors (Lipinski definition) is 5. The Morgan fingerprint density at radius 3 is 2.08 bits per heavy atom. The topological polar surface area (TPSA) is 59.8 Å². The van der Waals surface area contributed by atoms with Crippen molar-refractivity contribution < 1.29 is 18.7 Å². The Kier molecular flexibility index (Phi) is 12.3. The van der Waals surface area contributed by atoms with E-state index in [9.17, 15) is 9.59 Å². The fourth-order valence-corrected chi connectivity index (χ4v) is 4.97. The van der Waals surface area contributed by atoms with Gasteiger partial charge in [0.2, 0.25) is 0 Å². The Balaban J connectivity index is 1.82. The number of ether oxygens (including phenoxy) is 1. The minimum Gasteiger partial charge on any atom is -0.460 e. The first kappa shape index (κ1) is 30.6. The summed E-state index contributed by atoms with van der Waals surface area (Å²) in [5, 5.41) is 0.558. The molecule has 0 bridgehead atoms. The quantitative estimate of drug-likeness (QED) is 0.129. The van der Waals surface area contributed by atoms with E-state index in [0.717, 1.165) is 32.2 Å². The first-order valence-corrected chi connectivity index (χ1v) is 15.0. The molecule has 0 atom stereocenters. The number of benzene rings is 2. The van der Waals surface area contributed by atoms with Crippen molar-refractivity contribution in [2.45, 2.75) is 98.5 Å². The number of fused-ring (bicyclic) bond motifs is 1. The summed E-state index contributed by atoms with van der Waals surface area (Å²) in [6, 6.07) is 13.3. The monoisotopic (exact) mass is 533 g/mol. The molecule has 0 unspecified atom stereocenters. The van der Waals surface area contributed by atoms with Crippen molar-refractivity contribution >= 4 is 22.7 Å². The van der Waals surface area contributed by atoms with Crippen LogP contribution in [0.1, 0.15) is 117 Å². The van der Waals surface area contributed by atoms with Crippen molar-refractivity contribution in [2.24, 2.45) is 0 Å². The zero-order valence-electron chi connectivity index (χ0n) is 24.7. The van der Waals surface area contributed by atoms with Gasteiger partial charge in [-0.05, 0) is 83.3 Å². The molecule has 0 radical (unpaired) electrons. The van der Waals surface area contributed by atoms with Crippen LogP contribution in [0.3, 0.4) is 0 Å². The van der Waals surface area contributed by atoms with Gasteiger partial charge in [0.05, 0.1) is 17.2 Å². The number of unbranched alkanes of at least 4 members (excludes halogenated alkanes) is 3. The van der Waals surface area contributed by atoms with E-state index < -0.39 is 5.97 Å². The molecule has 0 aliphatic rings. The van der Waals surface area contributed by atoms with Crippen molar-refractivity contribution in [3.8, 4) is 0 Å². The zero-order chi connectivity index (χ0) is 28.2.